The maximum atomic E-state index is 14.0. The van der Waals surface area contributed by atoms with Gasteiger partial charge in [0.1, 0.15) is 5.82 Å². The van der Waals surface area contributed by atoms with E-state index in [1.54, 1.807) is 12.1 Å². The van der Waals surface area contributed by atoms with Crippen LogP contribution in [0.2, 0.25) is 0 Å². The Labute approximate surface area is 128 Å². The molecule has 1 aromatic rings. The Morgan fingerprint density at radius 3 is 2.05 bits per heavy atom. The summed E-state index contributed by atoms with van der Waals surface area (Å²) in [5, 5.41) is 0. The minimum Gasteiger partial charge on any atom is -0.274 e. The van der Waals surface area contributed by atoms with Gasteiger partial charge in [-0.2, -0.15) is 0 Å². The van der Waals surface area contributed by atoms with Gasteiger partial charge in [-0.3, -0.25) is 9.59 Å². The molecular weight excluding hydrogens is 281 g/mol. The van der Waals surface area contributed by atoms with Crippen LogP contribution in [0.1, 0.15) is 13.8 Å². The summed E-state index contributed by atoms with van der Waals surface area (Å²) in [5.74, 6) is -1.82. The summed E-state index contributed by atoms with van der Waals surface area (Å²) in [5.41, 5.74) is 2.45. The number of allylic oxidation sites excluding steroid dienone is 4. The SMILES string of the molecule is CC(C)=C1[C@H]2C=C[C@H]1[C@H]1C(=O)N(c3ccccc3F)C(=O)[C@@H]12. The van der Waals surface area contributed by atoms with Crippen molar-refractivity contribution in [2.75, 3.05) is 4.90 Å². The molecular formula is C18H16FNO2. The zero-order valence-electron chi connectivity index (χ0n) is 12.4. The molecule has 1 saturated carbocycles. The molecule has 0 radical (unpaired) electrons. The van der Waals surface area contributed by atoms with Gasteiger partial charge in [-0.1, -0.05) is 35.4 Å². The molecule has 2 bridgehead atoms. The van der Waals surface area contributed by atoms with E-state index in [9.17, 15) is 14.0 Å². The fourth-order valence-corrected chi connectivity index (χ4v) is 4.30. The molecule has 0 unspecified atom stereocenters. The Hall–Kier alpha value is -2.23. The highest BCUT2D eigenvalue weighted by Crippen LogP contribution is 2.57. The van der Waals surface area contributed by atoms with Crippen molar-refractivity contribution in [1.82, 2.24) is 0 Å². The molecule has 2 aliphatic carbocycles. The van der Waals surface area contributed by atoms with E-state index in [1.165, 1.54) is 23.3 Å². The second kappa shape index (κ2) is 4.38. The molecule has 4 heteroatoms. The Kier molecular flexibility index (Phi) is 2.68. The van der Waals surface area contributed by atoms with Crippen LogP contribution >= 0.6 is 0 Å². The number of para-hydroxylation sites is 1. The average Bonchev–Trinajstić information content (AvgIpc) is 3.11. The van der Waals surface area contributed by atoms with Crippen LogP contribution in [-0.2, 0) is 9.59 Å². The van der Waals surface area contributed by atoms with Gasteiger partial charge in [-0.15, -0.1) is 0 Å². The summed E-state index contributed by atoms with van der Waals surface area (Å²) in [6.45, 7) is 4.04. The average molecular weight is 297 g/mol. The third-order valence-electron chi connectivity index (χ3n) is 5.09. The molecule has 3 aliphatic rings. The van der Waals surface area contributed by atoms with Gasteiger partial charge in [0, 0.05) is 11.8 Å². The van der Waals surface area contributed by atoms with Crippen LogP contribution in [0, 0.1) is 29.5 Å². The molecule has 112 valence electrons. The lowest BCUT2D eigenvalue weighted by Crippen LogP contribution is -2.33. The number of hydrogen-bond donors (Lipinski definition) is 0. The number of halogens is 1. The van der Waals surface area contributed by atoms with Crippen LogP contribution in [0.15, 0.2) is 47.6 Å². The predicted octanol–water partition coefficient (Wildman–Crippen LogP) is 3.08. The highest BCUT2D eigenvalue weighted by Gasteiger charge is 2.62. The highest BCUT2D eigenvalue weighted by atomic mass is 19.1. The number of benzene rings is 1. The van der Waals surface area contributed by atoms with Crippen LogP contribution in [-0.4, -0.2) is 11.8 Å². The zero-order valence-corrected chi connectivity index (χ0v) is 12.4. The van der Waals surface area contributed by atoms with Gasteiger partial charge < -0.3 is 0 Å². The van der Waals surface area contributed by atoms with Crippen LogP contribution < -0.4 is 4.90 Å². The first-order valence-electron chi connectivity index (χ1n) is 7.50. The summed E-state index contributed by atoms with van der Waals surface area (Å²) < 4.78 is 14.0. The quantitative estimate of drug-likeness (QED) is 0.590. The minimum atomic E-state index is -0.535. The number of hydrogen-bond acceptors (Lipinski definition) is 2. The fourth-order valence-electron chi connectivity index (χ4n) is 4.30. The van der Waals surface area contributed by atoms with Crippen molar-refractivity contribution in [3.05, 3.63) is 53.4 Å². The van der Waals surface area contributed by atoms with Gasteiger partial charge in [-0.25, -0.2) is 9.29 Å². The number of carbonyl (C=O) groups is 2. The number of rotatable bonds is 1. The van der Waals surface area contributed by atoms with Crippen LogP contribution in [0.5, 0.6) is 0 Å². The molecule has 1 aromatic carbocycles. The topological polar surface area (TPSA) is 37.4 Å². The molecule has 0 aromatic heterocycles. The first-order valence-corrected chi connectivity index (χ1v) is 7.50. The minimum absolute atomic E-state index is 0.00627. The summed E-state index contributed by atoms with van der Waals surface area (Å²) in [6.07, 6.45) is 4.06. The smallest absolute Gasteiger partial charge is 0.238 e. The number of fused-ring (bicyclic) bond motifs is 5. The van der Waals surface area contributed by atoms with E-state index in [4.69, 9.17) is 0 Å². The predicted molar refractivity (Wildman–Crippen MR) is 80.4 cm³/mol. The molecule has 3 nitrogen and oxygen atoms in total. The van der Waals surface area contributed by atoms with Crippen LogP contribution in [0.25, 0.3) is 0 Å². The normalized spacial score (nSPS) is 32.1. The van der Waals surface area contributed by atoms with Gasteiger partial charge in [0.25, 0.3) is 0 Å². The lowest BCUT2D eigenvalue weighted by atomic mass is 9.85. The maximum Gasteiger partial charge on any atom is 0.238 e. The molecule has 1 saturated heterocycles. The van der Waals surface area contributed by atoms with Gasteiger partial charge >= 0.3 is 0 Å². The molecule has 22 heavy (non-hydrogen) atoms. The second-order valence-corrected chi connectivity index (χ2v) is 6.41. The van der Waals surface area contributed by atoms with E-state index < -0.39 is 5.82 Å². The van der Waals surface area contributed by atoms with Crippen molar-refractivity contribution in [3.63, 3.8) is 0 Å². The Balaban J connectivity index is 1.80. The van der Waals surface area contributed by atoms with Crippen LogP contribution in [0.3, 0.4) is 0 Å². The van der Waals surface area contributed by atoms with E-state index in [1.807, 2.05) is 26.0 Å². The molecule has 1 heterocycles. The van der Waals surface area contributed by atoms with Crippen molar-refractivity contribution < 1.29 is 14.0 Å². The second-order valence-electron chi connectivity index (χ2n) is 6.41. The van der Waals surface area contributed by atoms with Crippen molar-refractivity contribution in [3.8, 4) is 0 Å². The molecule has 4 atom stereocenters. The Morgan fingerprint density at radius 2 is 1.55 bits per heavy atom. The maximum absolute atomic E-state index is 14.0. The number of carbonyl (C=O) groups excluding carboxylic acids is 2. The lowest BCUT2D eigenvalue weighted by molar-refractivity contribution is -0.123. The van der Waals surface area contributed by atoms with Crippen molar-refractivity contribution in [1.29, 1.82) is 0 Å². The Bertz CT molecular complexity index is 726. The van der Waals surface area contributed by atoms with Gasteiger partial charge in [0.05, 0.1) is 17.5 Å². The summed E-state index contributed by atoms with van der Waals surface area (Å²) in [7, 11) is 0. The number of nitrogens with zero attached hydrogens (tertiary/aromatic N) is 1. The molecule has 2 fully saturated rings. The highest BCUT2D eigenvalue weighted by molar-refractivity contribution is 6.23. The van der Waals surface area contributed by atoms with E-state index in [2.05, 4.69) is 0 Å². The van der Waals surface area contributed by atoms with E-state index in [0.717, 1.165) is 4.90 Å². The monoisotopic (exact) mass is 297 g/mol. The van der Waals surface area contributed by atoms with E-state index in [0.29, 0.717) is 0 Å². The summed E-state index contributed by atoms with van der Waals surface area (Å²) >= 11 is 0. The number of imide groups is 1. The molecule has 0 spiro atoms. The van der Waals surface area contributed by atoms with E-state index in [-0.39, 0.29) is 41.2 Å². The van der Waals surface area contributed by atoms with Crippen LogP contribution in [0.4, 0.5) is 10.1 Å². The summed E-state index contributed by atoms with van der Waals surface area (Å²) in [6, 6.07) is 5.96. The van der Waals surface area contributed by atoms with E-state index >= 15 is 0 Å². The largest absolute Gasteiger partial charge is 0.274 e. The van der Waals surface area contributed by atoms with Gasteiger partial charge in [0.15, 0.2) is 0 Å². The molecule has 4 rings (SSSR count). The van der Waals surface area contributed by atoms with Gasteiger partial charge in [-0.05, 0) is 26.0 Å². The third-order valence-corrected chi connectivity index (χ3v) is 5.09. The van der Waals surface area contributed by atoms with Crippen molar-refractivity contribution >= 4 is 17.5 Å². The van der Waals surface area contributed by atoms with Crippen molar-refractivity contribution in [2.45, 2.75) is 13.8 Å². The third kappa shape index (κ3) is 1.50. The lowest BCUT2D eigenvalue weighted by Gasteiger charge is -2.19. The standard InChI is InChI=1S/C18H16FNO2/c1-9(2)14-10-7-8-11(14)16-15(10)17(21)20(18(16)22)13-6-4-3-5-12(13)19/h3-8,10-11,15-16H,1-2H3/t10-,11-,15-,16-/m1/s1. The molecule has 0 N–H and O–H groups in total. The molecule has 1 aliphatic heterocycles. The first kappa shape index (κ1) is 13.4. The fraction of sp³-hybridized carbons (Fsp3) is 0.333. The van der Waals surface area contributed by atoms with Crippen molar-refractivity contribution in [2.24, 2.45) is 23.7 Å². The number of anilines is 1. The molecule has 2 amide bonds. The zero-order chi connectivity index (χ0) is 15.6. The van der Waals surface area contributed by atoms with Gasteiger partial charge in [0.2, 0.25) is 11.8 Å². The summed E-state index contributed by atoms with van der Waals surface area (Å²) in [4.78, 5) is 26.6. The number of amides is 2. The Morgan fingerprint density at radius 1 is 1.00 bits per heavy atom. The first-order chi connectivity index (χ1) is 10.5.